The van der Waals surface area contributed by atoms with E-state index in [4.69, 9.17) is 34.8 Å². The first-order valence-corrected chi connectivity index (χ1v) is 8.98. The normalized spacial score (nSPS) is 17.0. The number of amidine groups is 1. The molecule has 1 heterocycles. The highest BCUT2D eigenvalue weighted by Crippen LogP contribution is 2.35. The molecule has 6 nitrogen and oxygen atoms in total. The second-order valence-corrected chi connectivity index (χ2v) is 7.24. The van der Waals surface area contributed by atoms with Crippen molar-refractivity contribution in [2.75, 3.05) is 0 Å². The van der Waals surface area contributed by atoms with Gasteiger partial charge in [-0.2, -0.15) is 0 Å². The Morgan fingerprint density at radius 2 is 1.92 bits per heavy atom. The van der Waals surface area contributed by atoms with Crippen LogP contribution in [0.15, 0.2) is 46.3 Å². The van der Waals surface area contributed by atoms with Gasteiger partial charge >= 0.3 is 0 Å². The van der Waals surface area contributed by atoms with Crippen LogP contribution in [-0.2, 0) is 4.79 Å². The molecule has 1 aliphatic heterocycles. The number of thioether (sulfide) groups is 1. The van der Waals surface area contributed by atoms with Gasteiger partial charge in [0.25, 0.3) is 11.6 Å². The minimum Gasteiger partial charge on any atom is -0.300 e. The van der Waals surface area contributed by atoms with Gasteiger partial charge in [0, 0.05) is 22.7 Å². The molecule has 3 rings (SSSR count). The van der Waals surface area contributed by atoms with Gasteiger partial charge in [-0.15, -0.1) is 0 Å². The molecule has 26 heavy (non-hydrogen) atoms. The third-order valence-electron chi connectivity index (χ3n) is 3.28. The van der Waals surface area contributed by atoms with Gasteiger partial charge in [-0.3, -0.25) is 14.9 Å². The first-order chi connectivity index (χ1) is 12.3. The van der Waals surface area contributed by atoms with Crippen LogP contribution in [0.25, 0.3) is 6.08 Å². The summed E-state index contributed by atoms with van der Waals surface area (Å²) in [6.45, 7) is 0. The summed E-state index contributed by atoms with van der Waals surface area (Å²) in [5.41, 5.74) is 0.654. The summed E-state index contributed by atoms with van der Waals surface area (Å²) >= 11 is 19.2. The number of hydrogen-bond donors (Lipinski definition) is 1. The Hall–Kier alpha value is -2.06. The van der Waals surface area contributed by atoms with Crippen molar-refractivity contribution in [3.05, 3.63) is 72.0 Å². The standard InChI is InChI=1S/C16H8Cl3N3O3S/c17-10-5-4-9(22(24)25)6-8(10)7-13-15(23)21-16(26-13)20-12-3-1-2-11(18)14(12)19/h1-7H,(H,20,21,23)/b13-7-. The van der Waals surface area contributed by atoms with Crippen LogP contribution in [0, 0.1) is 10.1 Å². The first kappa shape index (κ1) is 18.7. The van der Waals surface area contributed by atoms with Gasteiger partial charge in [-0.05, 0) is 36.0 Å². The van der Waals surface area contributed by atoms with E-state index >= 15 is 0 Å². The number of carbonyl (C=O) groups is 1. The molecule has 0 aromatic heterocycles. The van der Waals surface area contributed by atoms with E-state index in [0.717, 1.165) is 11.8 Å². The summed E-state index contributed by atoms with van der Waals surface area (Å²) in [5.74, 6) is -0.394. The number of benzene rings is 2. The van der Waals surface area contributed by atoms with Crippen molar-refractivity contribution in [3.63, 3.8) is 0 Å². The van der Waals surface area contributed by atoms with Crippen molar-refractivity contribution >= 4 is 75.1 Å². The average molecular weight is 429 g/mol. The molecular weight excluding hydrogens is 421 g/mol. The molecule has 132 valence electrons. The quantitative estimate of drug-likeness (QED) is 0.400. The molecule has 10 heteroatoms. The van der Waals surface area contributed by atoms with Gasteiger partial charge in [-0.1, -0.05) is 40.9 Å². The van der Waals surface area contributed by atoms with Crippen LogP contribution in [0.3, 0.4) is 0 Å². The van der Waals surface area contributed by atoms with Gasteiger partial charge in [0.15, 0.2) is 5.17 Å². The number of nitro benzene ring substituents is 1. The molecule has 1 fully saturated rings. The second kappa shape index (κ2) is 7.67. The maximum absolute atomic E-state index is 12.1. The van der Waals surface area contributed by atoms with Crippen LogP contribution < -0.4 is 5.32 Å². The molecule has 0 saturated carbocycles. The molecule has 1 amide bonds. The SMILES string of the molecule is O=C1NC(=Nc2cccc(Cl)c2Cl)S/C1=C\c1cc([N+](=O)[O-])ccc1Cl. The van der Waals surface area contributed by atoms with Crippen molar-refractivity contribution in [1.82, 2.24) is 5.32 Å². The highest BCUT2D eigenvalue weighted by molar-refractivity contribution is 8.18. The Bertz CT molecular complexity index is 992. The van der Waals surface area contributed by atoms with Crippen molar-refractivity contribution in [3.8, 4) is 0 Å². The third-order valence-corrected chi connectivity index (χ3v) is 5.34. The summed E-state index contributed by atoms with van der Waals surface area (Å²) in [7, 11) is 0. The predicted molar refractivity (Wildman–Crippen MR) is 105 cm³/mol. The molecular formula is C16H8Cl3N3O3S. The summed E-state index contributed by atoms with van der Waals surface area (Å²) in [6, 6.07) is 8.97. The monoisotopic (exact) mass is 427 g/mol. The van der Waals surface area contributed by atoms with E-state index in [0.29, 0.717) is 31.4 Å². The van der Waals surface area contributed by atoms with Gasteiger partial charge in [0.1, 0.15) is 0 Å². The number of aliphatic imine (C=N–C) groups is 1. The average Bonchev–Trinajstić information content (AvgIpc) is 2.93. The predicted octanol–water partition coefficient (Wildman–Crippen LogP) is 5.45. The smallest absolute Gasteiger partial charge is 0.270 e. The molecule has 1 saturated heterocycles. The minimum absolute atomic E-state index is 0.121. The van der Waals surface area contributed by atoms with E-state index in [1.807, 2.05) is 0 Å². The van der Waals surface area contributed by atoms with E-state index in [-0.39, 0.29) is 10.7 Å². The molecule has 1 aliphatic rings. The molecule has 2 aromatic carbocycles. The number of nitro groups is 1. The van der Waals surface area contributed by atoms with Crippen molar-refractivity contribution in [2.45, 2.75) is 0 Å². The fourth-order valence-corrected chi connectivity index (χ4v) is 3.40. The van der Waals surface area contributed by atoms with E-state index < -0.39 is 10.8 Å². The Labute approximate surface area is 167 Å². The fraction of sp³-hybridized carbons (Fsp3) is 0. The molecule has 0 spiro atoms. The number of amides is 1. The summed E-state index contributed by atoms with van der Waals surface area (Å²) < 4.78 is 0. The van der Waals surface area contributed by atoms with Gasteiger partial charge < -0.3 is 5.32 Å². The lowest BCUT2D eigenvalue weighted by atomic mass is 10.2. The number of non-ortho nitro benzene ring substituents is 1. The molecule has 0 atom stereocenters. The van der Waals surface area contributed by atoms with E-state index in [1.165, 1.54) is 24.3 Å². The van der Waals surface area contributed by atoms with Gasteiger partial charge in [0.2, 0.25) is 0 Å². The zero-order valence-electron chi connectivity index (χ0n) is 12.7. The topological polar surface area (TPSA) is 84.6 Å². The molecule has 1 N–H and O–H groups in total. The highest BCUT2D eigenvalue weighted by Gasteiger charge is 2.25. The van der Waals surface area contributed by atoms with Crippen LogP contribution in [-0.4, -0.2) is 16.0 Å². The number of nitrogens with zero attached hydrogens (tertiary/aromatic N) is 2. The number of nitrogens with one attached hydrogen (secondary N) is 1. The van der Waals surface area contributed by atoms with E-state index in [1.54, 1.807) is 18.2 Å². The summed E-state index contributed by atoms with van der Waals surface area (Å²) in [6.07, 6.45) is 1.47. The van der Waals surface area contributed by atoms with Crippen molar-refractivity contribution < 1.29 is 9.72 Å². The lowest BCUT2D eigenvalue weighted by Crippen LogP contribution is -2.19. The number of halogens is 3. The van der Waals surface area contributed by atoms with Crippen LogP contribution >= 0.6 is 46.6 Å². The Morgan fingerprint density at radius 1 is 1.15 bits per heavy atom. The van der Waals surface area contributed by atoms with Gasteiger partial charge in [0.05, 0.1) is 25.6 Å². The highest BCUT2D eigenvalue weighted by atomic mass is 35.5. The summed E-state index contributed by atoms with van der Waals surface area (Å²) in [4.78, 5) is 27.1. The van der Waals surface area contributed by atoms with Crippen LogP contribution in [0.5, 0.6) is 0 Å². The fourth-order valence-electron chi connectivity index (χ4n) is 2.07. The maximum atomic E-state index is 12.1. The second-order valence-electron chi connectivity index (χ2n) is 5.02. The zero-order valence-corrected chi connectivity index (χ0v) is 15.8. The molecule has 2 aromatic rings. The molecule has 0 radical (unpaired) electrons. The largest absolute Gasteiger partial charge is 0.300 e. The molecule has 0 aliphatic carbocycles. The first-order valence-electron chi connectivity index (χ1n) is 7.02. The number of carbonyl (C=O) groups excluding carboxylic acids is 1. The van der Waals surface area contributed by atoms with Crippen molar-refractivity contribution in [1.29, 1.82) is 0 Å². The lowest BCUT2D eigenvalue weighted by molar-refractivity contribution is -0.384. The third kappa shape index (κ3) is 4.02. The van der Waals surface area contributed by atoms with Gasteiger partial charge in [-0.25, -0.2) is 4.99 Å². The number of rotatable bonds is 3. The van der Waals surface area contributed by atoms with E-state index in [2.05, 4.69) is 10.3 Å². The van der Waals surface area contributed by atoms with Crippen LogP contribution in [0.1, 0.15) is 5.56 Å². The Balaban J connectivity index is 1.92. The maximum Gasteiger partial charge on any atom is 0.270 e. The summed E-state index contributed by atoms with van der Waals surface area (Å²) in [5, 5.41) is 14.7. The van der Waals surface area contributed by atoms with Crippen LogP contribution in [0.2, 0.25) is 15.1 Å². The minimum atomic E-state index is -0.534. The Morgan fingerprint density at radius 3 is 2.65 bits per heavy atom. The lowest BCUT2D eigenvalue weighted by Gasteiger charge is -2.01. The van der Waals surface area contributed by atoms with E-state index in [9.17, 15) is 14.9 Å². The number of hydrogen-bond acceptors (Lipinski definition) is 5. The molecule has 0 unspecified atom stereocenters. The Kier molecular flexibility index (Phi) is 5.52. The van der Waals surface area contributed by atoms with Crippen molar-refractivity contribution in [2.24, 2.45) is 4.99 Å². The van der Waals surface area contributed by atoms with Crippen LogP contribution in [0.4, 0.5) is 11.4 Å². The zero-order chi connectivity index (χ0) is 18.8. The molecule has 0 bridgehead atoms.